The average Bonchev–Trinajstić information content (AvgIpc) is 2.64. The first-order valence-corrected chi connectivity index (χ1v) is 7.83. The minimum Gasteiger partial charge on any atom is -0.325 e. The molecule has 0 aromatic carbocycles. The van der Waals surface area contributed by atoms with Gasteiger partial charge < -0.3 is 5.73 Å². The van der Waals surface area contributed by atoms with Gasteiger partial charge in [0.1, 0.15) is 0 Å². The SMILES string of the molecule is CCC1CCCCC1(N)Cc1cc(Br)cs1. The van der Waals surface area contributed by atoms with E-state index < -0.39 is 0 Å². The maximum absolute atomic E-state index is 6.65. The first-order chi connectivity index (χ1) is 7.64. The van der Waals surface area contributed by atoms with E-state index in [0.29, 0.717) is 5.92 Å². The van der Waals surface area contributed by atoms with Crippen molar-refractivity contribution in [2.24, 2.45) is 11.7 Å². The summed E-state index contributed by atoms with van der Waals surface area (Å²) < 4.78 is 1.19. The van der Waals surface area contributed by atoms with Crippen molar-refractivity contribution in [2.75, 3.05) is 0 Å². The molecule has 1 saturated carbocycles. The molecule has 2 rings (SSSR count). The zero-order chi connectivity index (χ0) is 11.6. The first kappa shape index (κ1) is 12.6. The predicted molar refractivity (Wildman–Crippen MR) is 74.9 cm³/mol. The van der Waals surface area contributed by atoms with Crippen LogP contribution in [0.1, 0.15) is 43.9 Å². The van der Waals surface area contributed by atoms with Crippen LogP contribution in [0.2, 0.25) is 0 Å². The van der Waals surface area contributed by atoms with E-state index in [0.717, 1.165) is 6.42 Å². The lowest BCUT2D eigenvalue weighted by molar-refractivity contribution is 0.183. The van der Waals surface area contributed by atoms with Crippen molar-refractivity contribution in [3.8, 4) is 0 Å². The smallest absolute Gasteiger partial charge is 0.0285 e. The number of hydrogen-bond donors (Lipinski definition) is 1. The van der Waals surface area contributed by atoms with Crippen molar-refractivity contribution in [3.05, 3.63) is 20.8 Å². The summed E-state index contributed by atoms with van der Waals surface area (Å²) in [4.78, 5) is 1.43. The highest BCUT2D eigenvalue weighted by Crippen LogP contribution is 2.37. The van der Waals surface area contributed by atoms with Crippen molar-refractivity contribution in [3.63, 3.8) is 0 Å². The summed E-state index contributed by atoms with van der Waals surface area (Å²) in [6.45, 7) is 2.28. The zero-order valence-corrected chi connectivity index (χ0v) is 12.2. The summed E-state index contributed by atoms with van der Waals surface area (Å²) in [6, 6.07) is 2.22. The van der Waals surface area contributed by atoms with Crippen molar-refractivity contribution in [1.29, 1.82) is 0 Å². The van der Waals surface area contributed by atoms with E-state index in [2.05, 4.69) is 34.3 Å². The quantitative estimate of drug-likeness (QED) is 0.882. The molecular weight excluding hydrogens is 282 g/mol. The Morgan fingerprint density at radius 2 is 2.38 bits per heavy atom. The lowest BCUT2D eigenvalue weighted by Crippen LogP contribution is -2.50. The molecule has 1 fully saturated rings. The summed E-state index contributed by atoms with van der Waals surface area (Å²) in [5.41, 5.74) is 6.70. The third kappa shape index (κ3) is 2.69. The second-order valence-corrected chi connectivity index (χ2v) is 6.90. The second-order valence-electron chi connectivity index (χ2n) is 4.99. The van der Waals surface area contributed by atoms with Gasteiger partial charge in [0.25, 0.3) is 0 Å². The van der Waals surface area contributed by atoms with E-state index in [1.165, 1.54) is 41.5 Å². The van der Waals surface area contributed by atoms with Gasteiger partial charge in [-0.1, -0.05) is 26.2 Å². The van der Waals surface area contributed by atoms with Crippen LogP contribution in [0.5, 0.6) is 0 Å². The van der Waals surface area contributed by atoms with Gasteiger partial charge in [-0.2, -0.15) is 0 Å². The van der Waals surface area contributed by atoms with Crippen LogP contribution in [0.4, 0.5) is 0 Å². The number of nitrogens with two attached hydrogens (primary N) is 1. The van der Waals surface area contributed by atoms with E-state index in [1.54, 1.807) is 0 Å². The van der Waals surface area contributed by atoms with Gasteiger partial charge in [0.2, 0.25) is 0 Å². The van der Waals surface area contributed by atoms with E-state index >= 15 is 0 Å². The summed E-state index contributed by atoms with van der Waals surface area (Å²) in [6.07, 6.45) is 7.47. The van der Waals surface area contributed by atoms with Crippen molar-refractivity contribution in [2.45, 2.75) is 51.0 Å². The van der Waals surface area contributed by atoms with Crippen LogP contribution >= 0.6 is 27.3 Å². The molecule has 0 radical (unpaired) electrons. The van der Waals surface area contributed by atoms with Crippen LogP contribution in [0.25, 0.3) is 0 Å². The molecule has 0 saturated heterocycles. The van der Waals surface area contributed by atoms with Crippen LogP contribution in [0.15, 0.2) is 15.9 Å². The third-order valence-corrected chi connectivity index (χ3v) is 5.57. The average molecular weight is 302 g/mol. The number of thiophene rings is 1. The minimum atomic E-state index is 0.0529. The molecule has 3 heteroatoms. The van der Waals surface area contributed by atoms with Gasteiger partial charge in [-0.25, -0.2) is 0 Å². The highest BCUT2D eigenvalue weighted by Gasteiger charge is 2.36. The summed E-state index contributed by atoms with van der Waals surface area (Å²) in [5.74, 6) is 0.710. The molecule has 0 amide bonds. The maximum atomic E-state index is 6.65. The standard InChI is InChI=1S/C13H20BrNS/c1-2-10-5-3-4-6-13(10,15)8-12-7-11(14)9-16-12/h7,9-10H,2-6,8,15H2,1H3. The molecule has 1 aliphatic rings. The van der Waals surface area contributed by atoms with Gasteiger partial charge in [-0.15, -0.1) is 11.3 Å². The van der Waals surface area contributed by atoms with Crippen LogP contribution in [-0.4, -0.2) is 5.54 Å². The minimum absolute atomic E-state index is 0.0529. The molecule has 0 spiro atoms. The Bertz CT molecular complexity index is 349. The molecular formula is C13H20BrNS. The fourth-order valence-corrected chi connectivity index (χ4v) is 4.54. The fourth-order valence-electron chi connectivity index (χ4n) is 2.95. The Balaban J connectivity index is 2.10. The highest BCUT2D eigenvalue weighted by molar-refractivity contribution is 9.10. The van der Waals surface area contributed by atoms with Gasteiger partial charge in [-0.05, 0) is 40.8 Å². The number of halogens is 1. The Morgan fingerprint density at radius 3 is 3.00 bits per heavy atom. The Labute approximate surface area is 111 Å². The largest absolute Gasteiger partial charge is 0.325 e. The van der Waals surface area contributed by atoms with Gasteiger partial charge in [0.15, 0.2) is 0 Å². The van der Waals surface area contributed by atoms with Crippen molar-refractivity contribution >= 4 is 27.3 Å². The molecule has 1 nitrogen and oxygen atoms in total. The topological polar surface area (TPSA) is 26.0 Å². The molecule has 0 aliphatic heterocycles. The lowest BCUT2D eigenvalue weighted by atomic mass is 9.70. The fraction of sp³-hybridized carbons (Fsp3) is 0.692. The maximum Gasteiger partial charge on any atom is 0.0285 e. The summed E-state index contributed by atoms with van der Waals surface area (Å²) >= 11 is 5.34. The molecule has 16 heavy (non-hydrogen) atoms. The molecule has 2 atom stereocenters. The van der Waals surface area contributed by atoms with Gasteiger partial charge in [0.05, 0.1) is 0 Å². The molecule has 2 unspecified atom stereocenters. The van der Waals surface area contributed by atoms with Gasteiger partial charge in [0, 0.05) is 26.7 Å². The lowest BCUT2D eigenvalue weighted by Gasteiger charge is -2.41. The van der Waals surface area contributed by atoms with Crippen LogP contribution in [0.3, 0.4) is 0 Å². The van der Waals surface area contributed by atoms with Crippen LogP contribution < -0.4 is 5.73 Å². The molecule has 1 aromatic heterocycles. The monoisotopic (exact) mass is 301 g/mol. The predicted octanol–water partition coefficient (Wildman–Crippen LogP) is 4.35. The molecule has 0 bridgehead atoms. The Hall–Kier alpha value is 0.140. The van der Waals surface area contributed by atoms with Gasteiger partial charge in [-0.3, -0.25) is 0 Å². The summed E-state index contributed by atoms with van der Waals surface area (Å²) in [5, 5.41) is 2.16. The zero-order valence-electron chi connectivity index (χ0n) is 9.84. The molecule has 1 heterocycles. The molecule has 1 aliphatic carbocycles. The molecule has 90 valence electrons. The number of hydrogen-bond acceptors (Lipinski definition) is 2. The van der Waals surface area contributed by atoms with E-state index in [9.17, 15) is 0 Å². The molecule has 1 aromatic rings. The van der Waals surface area contributed by atoms with Crippen LogP contribution in [0, 0.1) is 5.92 Å². The Morgan fingerprint density at radius 1 is 1.56 bits per heavy atom. The second kappa shape index (κ2) is 5.19. The van der Waals surface area contributed by atoms with E-state index in [4.69, 9.17) is 5.73 Å². The normalized spacial score (nSPS) is 30.6. The highest BCUT2D eigenvalue weighted by atomic mass is 79.9. The van der Waals surface area contributed by atoms with Gasteiger partial charge >= 0.3 is 0 Å². The summed E-state index contributed by atoms with van der Waals surface area (Å²) in [7, 11) is 0. The molecule has 2 N–H and O–H groups in total. The van der Waals surface area contributed by atoms with Crippen LogP contribution in [-0.2, 0) is 6.42 Å². The van der Waals surface area contributed by atoms with Crippen molar-refractivity contribution < 1.29 is 0 Å². The van der Waals surface area contributed by atoms with Crippen molar-refractivity contribution in [1.82, 2.24) is 0 Å². The third-order valence-electron chi connectivity index (χ3n) is 3.88. The first-order valence-electron chi connectivity index (χ1n) is 6.16. The number of rotatable bonds is 3. The van der Waals surface area contributed by atoms with E-state index in [-0.39, 0.29) is 5.54 Å². The Kier molecular flexibility index (Phi) is 4.09. The van der Waals surface area contributed by atoms with E-state index in [1.807, 2.05) is 11.3 Å².